The Kier molecular flexibility index (Phi) is 6.45. The Labute approximate surface area is 144 Å². The molecule has 1 aliphatic heterocycles. The maximum absolute atomic E-state index is 12.6. The van der Waals surface area contributed by atoms with Crippen molar-refractivity contribution >= 4 is 17.5 Å². The topological polar surface area (TPSA) is 43.8 Å². The van der Waals surface area contributed by atoms with Crippen molar-refractivity contribution in [3.8, 4) is 0 Å². The molecule has 23 heavy (non-hydrogen) atoms. The molecule has 4 nitrogen and oxygen atoms in total. The number of rotatable bonds is 5. The molecule has 0 aromatic heterocycles. The summed E-state index contributed by atoms with van der Waals surface area (Å²) in [7, 11) is 0. The van der Waals surface area contributed by atoms with Crippen molar-refractivity contribution in [2.45, 2.75) is 38.7 Å². The van der Waals surface area contributed by atoms with Crippen LogP contribution in [0, 0.1) is 0 Å². The zero-order valence-corrected chi connectivity index (χ0v) is 14.9. The fourth-order valence-electron chi connectivity index (χ4n) is 3.00. The molecule has 0 aliphatic carbocycles. The van der Waals surface area contributed by atoms with E-state index in [9.17, 15) is 9.90 Å². The second-order valence-electron chi connectivity index (χ2n) is 6.36. The molecule has 0 saturated carbocycles. The molecular weight excluding hydrogens is 312 g/mol. The van der Waals surface area contributed by atoms with Gasteiger partial charge >= 0.3 is 0 Å². The standard InChI is InChI=1S/C18H27ClN2O2/c1-3-18(23,4-2)14-20-10-5-11-21(13-12-20)17(22)15-6-8-16(19)9-7-15/h6-9,23H,3-5,10-14H2,1-2H3. The third-order valence-corrected chi connectivity index (χ3v) is 5.05. The Balaban J connectivity index is 1.95. The van der Waals surface area contributed by atoms with E-state index in [2.05, 4.69) is 4.90 Å². The fraction of sp³-hybridized carbons (Fsp3) is 0.611. The van der Waals surface area contributed by atoms with E-state index in [0.29, 0.717) is 23.7 Å². The van der Waals surface area contributed by atoms with E-state index in [-0.39, 0.29) is 5.91 Å². The third kappa shape index (κ3) is 4.93. The van der Waals surface area contributed by atoms with Crippen molar-refractivity contribution in [2.75, 3.05) is 32.7 Å². The summed E-state index contributed by atoms with van der Waals surface area (Å²) >= 11 is 5.88. The Morgan fingerprint density at radius 3 is 2.39 bits per heavy atom. The van der Waals surface area contributed by atoms with Gasteiger partial charge in [-0.15, -0.1) is 0 Å². The molecule has 1 heterocycles. The zero-order valence-electron chi connectivity index (χ0n) is 14.1. The number of carbonyl (C=O) groups is 1. The molecular formula is C18H27ClN2O2. The minimum atomic E-state index is -0.616. The molecule has 0 bridgehead atoms. The number of amides is 1. The summed E-state index contributed by atoms with van der Waals surface area (Å²) in [4.78, 5) is 16.8. The van der Waals surface area contributed by atoms with Gasteiger partial charge in [0.1, 0.15) is 0 Å². The van der Waals surface area contributed by atoms with Crippen LogP contribution in [0.25, 0.3) is 0 Å². The first kappa shape index (κ1) is 18.2. The molecule has 1 saturated heterocycles. The number of benzene rings is 1. The minimum Gasteiger partial charge on any atom is -0.389 e. The lowest BCUT2D eigenvalue weighted by Gasteiger charge is -2.32. The number of carbonyl (C=O) groups excluding carboxylic acids is 1. The maximum atomic E-state index is 12.6. The van der Waals surface area contributed by atoms with Gasteiger partial charge in [0.2, 0.25) is 0 Å². The van der Waals surface area contributed by atoms with Gasteiger partial charge in [-0.05, 0) is 43.5 Å². The van der Waals surface area contributed by atoms with Crippen LogP contribution >= 0.6 is 11.6 Å². The van der Waals surface area contributed by atoms with Crippen LogP contribution < -0.4 is 0 Å². The van der Waals surface area contributed by atoms with Crippen LogP contribution in [-0.4, -0.2) is 59.1 Å². The second kappa shape index (κ2) is 8.13. The highest BCUT2D eigenvalue weighted by Gasteiger charge is 2.27. The number of nitrogens with zero attached hydrogens (tertiary/aromatic N) is 2. The van der Waals surface area contributed by atoms with Crippen LogP contribution in [0.1, 0.15) is 43.5 Å². The first-order chi connectivity index (χ1) is 11.0. The van der Waals surface area contributed by atoms with Gasteiger partial charge in [0, 0.05) is 43.3 Å². The average Bonchev–Trinajstić information content (AvgIpc) is 2.80. The Morgan fingerprint density at radius 2 is 1.78 bits per heavy atom. The summed E-state index contributed by atoms with van der Waals surface area (Å²) in [5, 5.41) is 11.2. The van der Waals surface area contributed by atoms with E-state index in [1.807, 2.05) is 18.7 Å². The van der Waals surface area contributed by atoms with Crippen LogP contribution in [0.4, 0.5) is 0 Å². The zero-order chi connectivity index (χ0) is 16.9. The monoisotopic (exact) mass is 338 g/mol. The summed E-state index contributed by atoms with van der Waals surface area (Å²) in [6, 6.07) is 7.06. The lowest BCUT2D eigenvalue weighted by atomic mass is 9.97. The first-order valence-electron chi connectivity index (χ1n) is 8.47. The average molecular weight is 339 g/mol. The van der Waals surface area contributed by atoms with Crippen molar-refractivity contribution in [1.82, 2.24) is 9.80 Å². The van der Waals surface area contributed by atoms with Crippen molar-refractivity contribution in [3.63, 3.8) is 0 Å². The van der Waals surface area contributed by atoms with E-state index >= 15 is 0 Å². The molecule has 128 valence electrons. The third-order valence-electron chi connectivity index (χ3n) is 4.80. The highest BCUT2D eigenvalue weighted by molar-refractivity contribution is 6.30. The second-order valence-corrected chi connectivity index (χ2v) is 6.80. The molecule has 0 atom stereocenters. The van der Waals surface area contributed by atoms with Crippen LogP contribution in [0.15, 0.2) is 24.3 Å². The number of aliphatic hydroxyl groups is 1. The lowest BCUT2D eigenvalue weighted by molar-refractivity contribution is -0.00224. The van der Waals surface area contributed by atoms with Gasteiger partial charge in [0.15, 0.2) is 0 Å². The van der Waals surface area contributed by atoms with Gasteiger partial charge in [0.05, 0.1) is 5.60 Å². The van der Waals surface area contributed by atoms with E-state index < -0.39 is 5.60 Å². The van der Waals surface area contributed by atoms with E-state index in [4.69, 9.17) is 11.6 Å². The maximum Gasteiger partial charge on any atom is 0.253 e. The summed E-state index contributed by atoms with van der Waals surface area (Å²) < 4.78 is 0. The van der Waals surface area contributed by atoms with E-state index in [1.165, 1.54) is 0 Å². The highest BCUT2D eigenvalue weighted by atomic mass is 35.5. The molecule has 2 rings (SSSR count). The summed E-state index contributed by atoms with van der Waals surface area (Å²) in [6.45, 7) is 7.92. The predicted molar refractivity (Wildman–Crippen MR) is 93.9 cm³/mol. The van der Waals surface area contributed by atoms with Crippen molar-refractivity contribution in [1.29, 1.82) is 0 Å². The Morgan fingerprint density at radius 1 is 1.13 bits per heavy atom. The molecule has 1 amide bonds. The quantitative estimate of drug-likeness (QED) is 0.897. The number of halogens is 1. The molecule has 1 aromatic carbocycles. The molecule has 1 N–H and O–H groups in total. The number of hydrogen-bond acceptors (Lipinski definition) is 3. The Hall–Kier alpha value is -1.10. The fourth-order valence-corrected chi connectivity index (χ4v) is 3.12. The van der Waals surface area contributed by atoms with Crippen LogP contribution in [0.5, 0.6) is 0 Å². The van der Waals surface area contributed by atoms with Gasteiger partial charge in [-0.3, -0.25) is 9.69 Å². The summed E-state index contributed by atoms with van der Waals surface area (Å²) in [5.41, 5.74) is 0.0662. The van der Waals surface area contributed by atoms with Crippen molar-refractivity contribution in [3.05, 3.63) is 34.9 Å². The molecule has 0 radical (unpaired) electrons. The molecule has 1 aliphatic rings. The number of β-amino-alcohol motifs (C(OH)–C–C–N with tert-alkyl or cyclic N) is 1. The Bertz CT molecular complexity index is 514. The van der Waals surface area contributed by atoms with Crippen LogP contribution in [0.2, 0.25) is 5.02 Å². The first-order valence-corrected chi connectivity index (χ1v) is 8.85. The van der Waals surface area contributed by atoms with E-state index in [0.717, 1.165) is 38.9 Å². The summed E-state index contributed by atoms with van der Waals surface area (Å²) in [6.07, 6.45) is 2.45. The minimum absolute atomic E-state index is 0.0600. The predicted octanol–water partition coefficient (Wildman–Crippen LogP) is 3.04. The molecule has 0 unspecified atom stereocenters. The highest BCUT2D eigenvalue weighted by Crippen LogP contribution is 2.18. The van der Waals surface area contributed by atoms with Crippen molar-refractivity contribution < 1.29 is 9.90 Å². The SMILES string of the molecule is CCC(O)(CC)CN1CCCN(C(=O)c2ccc(Cl)cc2)CC1. The molecule has 0 spiro atoms. The van der Waals surface area contributed by atoms with Crippen LogP contribution in [0.3, 0.4) is 0 Å². The normalized spacial score (nSPS) is 17.1. The largest absolute Gasteiger partial charge is 0.389 e. The van der Waals surface area contributed by atoms with Gasteiger partial charge in [0.25, 0.3) is 5.91 Å². The molecule has 1 aromatic rings. The summed E-state index contributed by atoms with van der Waals surface area (Å²) in [5.74, 6) is 0.0600. The lowest BCUT2D eigenvalue weighted by Crippen LogP contribution is -2.44. The van der Waals surface area contributed by atoms with Crippen LogP contribution in [-0.2, 0) is 0 Å². The molecule has 1 fully saturated rings. The number of hydrogen-bond donors (Lipinski definition) is 1. The van der Waals surface area contributed by atoms with Gasteiger partial charge in [-0.1, -0.05) is 25.4 Å². The van der Waals surface area contributed by atoms with E-state index in [1.54, 1.807) is 24.3 Å². The van der Waals surface area contributed by atoms with Crippen molar-refractivity contribution in [2.24, 2.45) is 0 Å². The van der Waals surface area contributed by atoms with Gasteiger partial charge in [-0.25, -0.2) is 0 Å². The smallest absolute Gasteiger partial charge is 0.253 e. The molecule has 5 heteroatoms. The van der Waals surface area contributed by atoms with Gasteiger partial charge < -0.3 is 10.0 Å². The van der Waals surface area contributed by atoms with Gasteiger partial charge in [-0.2, -0.15) is 0 Å².